The lowest BCUT2D eigenvalue weighted by Crippen LogP contribution is -2.18. The van der Waals surface area contributed by atoms with Gasteiger partial charge in [-0.3, -0.25) is 4.79 Å². The van der Waals surface area contributed by atoms with Crippen LogP contribution in [0.4, 0.5) is 5.69 Å². The second-order valence-corrected chi connectivity index (χ2v) is 7.74. The van der Waals surface area contributed by atoms with E-state index in [-0.39, 0.29) is 5.91 Å². The molecule has 4 nitrogen and oxygen atoms in total. The highest BCUT2D eigenvalue weighted by molar-refractivity contribution is 6.33. The fourth-order valence-electron chi connectivity index (χ4n) is 3.51. The number of amides is 1. The molecular weight excluding hydrogens is 382 g/mol. The van der Waals surface area contributed by atoms with Crippen LogP contribution < -0.4 is 10.3 Å². The number of nitrogens with zero attached hydrogens (tertiary/aromatic N) is 2. The van der Waals surface area contributed by atoms with Gasteiger partial charge < -0.3 is 4.90 Å². The highest BCUT2D eigenvalue weighted by atomic mass is 35.5. The number of carbonyl (C=O) groups excluding carboxylic acids is 1. The van der Waals surface area contributed by atoms with Gasteiger partial charge in [-0.25, -0.2) is 5.43 Å². The van der Waals surface area contributed by atoms with Crippen LogP contribution in [-0.4, -0.2) is 12.1 Å². The number of aryl methyl sites for hydroxylation is 2. The van der Waals surface area contributed by atoms with E-state index in [4.69, 9.17) is 11.6 Å². The maximum absolute atomic E-state index is 12.3. The Morgan fingerprint density at radius 1 is 1.00 bits per heavy atom. The number of hydrogen-bond donors (Lipinski definition) is 1. The van der Waals surface area contributed by atoms with Crippen molar-refractivity contribution in [2.45, 2.75) is 26.9 Å². The topological polar surface area (TPSA) is 44.7 Å². The average Bonchev–Trinajstić information content (AvgIpc) is 3.12. The predicted octanol–water partition coefficient (Wildman–Crippen LogP) is 5.24. The summed E-state index contributed by atoms with van der Waals surface area (Å²) in [6, 6.07) is 19.5. The molecule has 1 N–H and O–H groups in total. The first-order valence-corrected chi connectivity index (χ1v) is 9.91. The molecule has 0 aliphatic carbocycles. The first-order valence-electron chi connectivity index (χ1n) is 9.53. The summed E-state index contributed by atoms with van der Waals surface area (Å²) in [6.07, 6.45) is 1.54. The zero-order valence-corrected chi connectivity index (χ0v) is 17.2. The number of hydrogen-bond acceptors (Lipinski definition) is 3. The smallest absolute Gasteiger partial charge is 0.271 e. The van der Waals surface area contributed by atoms with Crippen LogP contribution >= 0.6 is 11.6 Å². The number of fused-ring (bicyclic) bond motifs is 1. The average molecular weight is 404 g/mol. The van der Waals surface area contributed by atoms with E-state index in [1.807, 2.05) is 42.5 Å². The fraction of sp³-hybridized carbons (Fsp3) is 0.167. The molecule has 0 saturated carbocycles. The summed E-state index contributed by atoms with van der Waals surface area (Å²) in [7, 11) is 0. The fourth-order valence-corrected chi connectivity index (χ4v) is 3.69. The Hall–Kier alpha value is -3.11. The van der Waals surface area contributed by atoms with Gasteiger partial charge in [0.1, 0.15) is 0 Å². The third-order valence-corrected chi connectivity index (χ3v) is 5.65. The Labute approximate surface area is 175 Å². The van der Waals surface area contributed by atoms with Crippen LogP contribution in [-0.2, 0) is 13.1 Å². The maximum atomic E-state index is 12.3. The highest BCUT2D eigenvalue weighted by Gasteiger charge is 2.20. The molecule has 0 fully saturated rings. The van der Waals surface area contributed by atoms with Crippen LogP contribution in [0.3, 0.4) is 0 Å². The molecule has 0 aromatic heterocycles. The second kappa shape index (κ2) is 8.10. The van der Waals surface area contributed by atoms with Crippen molar-refractivity contribution in [3.8, 4) is 0 Å². The van der Waals surface area contributed by atoms with E-state index in [2.05, 4.69) is 41.4 Å². The largest absolute Gasteiger partial charge is 0.363 e. The number of hydrazone groups is 1. The van der Waals surface area contributed by atoms with Crippen molar-refractivity contribution in [3.63, 3.8) is 0 Å². The molecule has 0 saturated heterocycles. The quantitative estimate of drug-likeness (QED) is 0.478. The van der Waals surface area contributed by atoms with Crippen molar-refractivity contribution in [3.05, 3.63) is 99.1 Å². The molecule has 0 atom stereocenters. The van der Waals surface area contributed by atoms with Crippen LogP contribution in [0.2, 0.25) is 5.02 Å². The van der Waals surface area contributed by atoms with Crippen LogP contribution in [0.5, 0.6) is 0 Å². The first kappa shape index (κ1) is 19.2. The number of benzene rings is 3. The van der Waals surface area contributed by atoms with E-state index in [0.29, 0.717) is 10.6 Å². The number of nitrogens with one attached hydrogen (secondary N) is 1. The van der Waals surface area contributed by atoms with E-state index < -0.39 is 0 Å². The van der Waals surface area contributed by atoms with Gasteiger partial charge in [0.25, 0.3) is 5.91 Å². The molecule has 1 heterocycles. The van der Waals surface area contributed by atoms with Crippen molar-refractivity contribution in [1.29, 1.82) is 0 Å². The number of anilines is 1. The van der Waals surface area contributed by atoms with Crippen molar-refractivity contribution in [2.24, 2.45) is 5.10 Å². The Kier molecular flexibility index (Phi) is 5.36. The van der Waals surface area contributed by atoms with Gasteiger partial charge in [0.05, 0.1) is 6.21 Å². The van der Waals surface area contributed by atoms with E-state index in [1.165, 1.54) is 22.3 Å². The molecule has 5 heteroatoms. The first-order chi connectivity index (χ1) is 14.0. The molecule has 3 aromatic rings. The molecule has 4 rings (SSSR count). The zero-order valence-electron chi connectivity index (χ0n) is 16.4. The summed E-state index contributed by atoms with van der Waals surface area (Å²) in [5.41, 5.74) is 10.4. The normalized spacial score (nSPS) is 13.0. The molecular formula is C24H22ClN3O. The molecule has 146 valence electrons. The number of carbonyl (C=O) groups is 1. The minimum Gasteiger partial charge on any atom is -0.363 e. The second-order valence-electron chi connectivity index (χ2n) is 7.33. The summed E-state index contributed by atoms with van der Waals surface area (Å²) in [4.78, 5) is 14.7. The number of rotatable bonds is 4. The Morgan fingerprint density at radius 2 is 1.62 bits per heavy atom. The highest BCUT2D eigenvalue weighted by Crippen LogP contribution is 2.30. The zero-order chi connectivity index (χ0) is 20.4. The van der Waals surface area contributed by atoms with Crippen molar-refractivity contribution < 1.29 is 4.79 Å². The maximum Gasteiger partial charge on any atom is 0.271 e. The third kappa shape index (κ3) is 4.17. The lowest BCUT2D eigenvalue weighted by molar-refractivity contribution is 0.0955. The summed E-state index contributed by atoms with van der Waals surface area (Å²) in [5.74, 6) is -0.254. The van der Waals surface area contributed by atoms with Gasteiger partial charge in [-0.15, -0.1) is 0 Å². The molecule has 3 aromatic carbocycles. The van der Waals surface area contributed by atoms with E-state index in [9.17, 15) is 4.79 Å². The standard InChI is InChI=1S/C24H22ClN3O/c1-16-11-20-14-28(15-21(20)12-17(16)2)22-9-7-18(8-10-22)24(29)27-26-13-19-5-3-4-6-23(19)25/h3-13H,14-15H2,1-2H3,(H,27,29)/b26-13-. The van der Waals surface area contributed by atoms with Gasteiger partial charge in [-0.2, -0.15) is 5.10 Å². The molecule has 29 heavy (non-hydrogen) atoms. The predicted molar refractivity (Wildman–Crippen MR) is 119 cm³/mol. The molecule has 0 radical (unpaired) electrons. The Morgan fingerprint density at radius 3 is 2.24 bits per heavy atom. The van der Waals surface area contributed by atoms with Crippen LogP contribution in [0, 0.1) is 13.8 Å². The summed E-state index contributed by atoms with van der Waals surface area (Å²) in [5, 5.41) is 4.59. The molecule has 1 aliphatic rings. The van der Waals surface area contributed by atoms with Crippen LogP contribution in [0.25, 0.3) is 0 Å². The molecule has 1 aliphatic heterocycles. The minimum absolute atomic E-state index is 0.254. The van der Waals surface area contributed by atoms with Gasteiger partial charge in [0.2, 0.25) is 0 Å². The van der Waals surface area contributed by atoms with E-state index in [0.717, 1.165) is 24.3 Å². The summed E-state index contributed by atoms with van der Waals surface area (Å²) < 4.78 is 0. The lowest BCUT2D eigenvalue weighted by Gasteiger charge is -2.17. The molecule has 0 spiro atoms. The SMILES string of the molecule is Cc1cc2c(cc1C)CN(c1ccc(C(=O)N/N=C\c3ccccc3Cl)cc1)C2. The van der Waals surface area contributed by atoms with Crippen molar-refractivity contribution in [2.75, 3.05) is 4.90 Å². The van der Waals surface area contributed by atoms with E-state index >= 15 is 0 Å². The lowest BCUT2D eigenvalue weighted by atomic mass is 10.0. The van der Waals surface area contributed by atoms with Crippen LogP contribution in [0.15, 0.2) is 65.8 Å². The van der Waals surface area contributed by atoms with Crippen LogP contribution in [0.1, 0.15) is 38.2 Å². The van der Waals surface area contributed by atoms with Gasteiger partial charge in [0, 0.05) is 34.9 Å². The van der Waals surface area contributed by atoms with Crippen molar-refractivity contribution >= 4 is 29.4 Å². The van der Waals surface area contributed by atoms with Gasteiger partial charge in [0.15, 0.2) is 0 Å². The summed E-state index contributed by atoms with van der Waals surface area (Å²) >= 11 is 6.08. The molecule has 0 bridgehead atoms. The minimum atomic E-state index is -0.254. The molecule has 0 unspecified atom stereocenters. The van der Waals surface area contributed by atoms with Gasteiger partial charge in [-0.1, -0.05) is 41.9 Å². The monoisotopic (exact) mass is 403 g/mol. The Balaban J connectivity index is 1.40. The van der Waals surface area contributed by atoms with E-state index in [1.54, 1.807) is 12.3 Å². The Bertz CT molecular complexity index is 1060. The summed E-state index contributed by atoms with van der Waals surface area (Å²) in [6.45, 7) is 6.09. The van der Waals surface area contributed by atoms with Gasteiger partial charge in [-0.05, 0) is 66.4 Å². The van der Waals surface area contributed by atoms with Crippen molar-refractivity contribution in [1.82, 2.24) is 5.43 Å². The molecule has 1 amide bonds. The third-order valence-electron chi connectivity index (χ3n) is 5.31. The number of halogens is 1. The van der Waals surface area contributed by atoms with Gasteiger partial charge >= 0.3 is 0 Å².